The number of carbonyl (C=O) groups is 1. The van der Waals surface area contributed by atoms with Gasteiger partial charge in [0.25, 0.3) is 0 Å². The predicted octanol–water partition coefficient (Wildman–Crippen LogP) is 3.27. The van der Waals surface area contributed by atoms with Crippen LogP contribution in [0.3, 0.4) is 0 Å². The number of nitrogens with two attached hydrogens (primary N) is 1. The number of hydrogen-bond donors (Lipinski definition) is 1. The van der Waals surface area contributed by atoms with Crippen LogP contribution in [0, 0.1) is 6.92 Å². The maximum absolute atomic E-state index is 12.5. The first-order chi connectivity index (χ1) is 11.6. The fourth-order valence-corrected chi connectivity index (χ4v) is 3.44. The largest absolute Gasteiger partial charge is 0.340 e. The molecule has 1 saturated heterocycles. The molecule has 0 saturated carbocycles. The Morgan fingerprint density at radius 1 is 1.08 bits per heavy atom. The highest BCUT2D eigenvalue weighted by Crippen LogP contribution is 2.26. The van der Waals surface area contributed by atoms with Crippen LogP contribution in [0.2, 0.25) is 0 Å². The standard InChI is InChI=1S/C21H26N2O/c1-16-10-12-17(13-11-16)6-5-9-21(24)23-14-19(20(22)15-23)18-7-3-2-4-8-18/h2-4,7-8,10-13,19-20H,5-6,9,14-15,22H2,1H3/t19-,20+/m0/s1. The van der Waals surface area contributed by atoms with Crippen LogP contribution >= 0.6 is 0 Å². The Labute approximate surface area is 144 Å². The molecule has 0 bridgehead atoms. The lowest BCUT2D eigenvalue weighted by molar-refractivity contribution is -0.130. The van der Waals surface area contributed by atoms with Crippen molar-refractivity contribution in [1.29, 1.82) is 0 Å². The summed E-state index contributed by atoms with van der Waals surface area (Å²) in [5.74, 6) is 0.489. The van der Waals surface area contributed by atoms with Gasteiger partial charge in [-0.1, -0.05) is 60.2 Å². The summed E-state index contributed by atoms with van der Waals surface area (Å²) in [6, 6.07) is 18.9. The average Bonchev–Trinajstić information content (AvgIpc) is 2.99. The molecule has 0 unspecified atom stereocenters. The van der Waals surface area contributed by atoms with Crippen LogP contribution in [0.5, 0.6) is 0 Å². The van der Waals surface area contributed by atoms with Gasteiger partial charge in [-0.25, -0.2) is 0 Å². The summed E-state index contributed by atoms with van der Waals surface area (Å²) in [6.07, 6.45) is 2.44. The van der Waals surface area contributed by atoms with Gasteiger partial charge in [-0.2, -0.15) is 0 Å². The number of amides is 1. The van der Waals surface area contributed by atoms with E-state index in [0.29, 0.717) is 13.0 Å². The molecule has 3 nitrogen and oxygen atoms in total. The number of hydrogen-bond acceptors (Lipinski definition) is 2. The highest BCUT2D eigenvalue weighted by molar-refractivity contribution is 5.76. The van der Waals surface area contributed by atoms with Crippen molar-refractivity contribution in [2.24, 2.45) is 5.73 Å². The lowest BCUT2D eigenvalue weighted by Crippen LogP contribution is -2.32. The normalized spacial score (nSPS) is 20.3. The molecule has 0 radical (unpaired) electrons. The second-order valence-electron chi connectivity index (χ2n) is 6.82. The highest BCUT2D eigenvalue weighted by Gasteiger charge is 2.33. The van der Waals surface area contributed by atoms with E-state index < -0.39 is 0 Å². The van der Waals surface area contributed by atoms with Gasteiger partial charge in [0.05, 0.1) is 0 Å². The lowest BCUT2D eigenvalue weighted by atomic mass is 9.95. The van der Waals surface area contributed by atoms with E-state index >= 15 is 0 Å². The fraction of sp³-hybridized carbons (Fsp3) is 0.381. The summed E-state index contributed by atoms with van der Waals surface area (Å²) >= 11 is 0. The quantitative estimate of drug-likeness (QED) is 0.918. The van der Waals surface area contributed by atoms with Gasteiger partial charge >= 0.3 is 0 Å². The van der Waals surface area contributed by atoms with Crippen molar-refractivity contribution in [3.05, 3.63) is 71.3 Å². The molecule has 2 N–H and O–H groups in total. The predicted molar refractivity (Wildman–Crippen MR) is 97.9 cm³/mol. The maximum Gasteiger partial charge on any atom is 0.222 e. The van der Waals surface area contributed by atoms with Crippen molar-refractivity contribution in [2.75, 3.05) is 13.1 Å². The van der Waals surface area contributed by atoms with Crippen molar-refractivity contribution in [1.82, 2.24) is 4.90 Å². The lowest BCUT2D eigenvalue weighted by Gasteiger charge is -2.16. The minimum atomic E-state index is 0.0356. The molecule has 3 heteroatoms. The number of nitrogens with zero attached hydrogens (tertiary/aromatic N) is 1. The Kier molecular flexibility index (Phi) is 5.31. The van der Waals surface area contributed by atoms with Crippen molar-refractivity contribution in [2.45, 2.75) is 38.1 Å². The fourth-order valence-electron chi connectivity index (χ4n) is 3.44. The van der Waals surface area contributed by atoms with Gasteiger partial charge in [0.2, 0.25) is 5.91 Å². The number of rotatable bonds is 5. The molecule has 1 aliphatic heterocycles. The molecule has 1 aliphatic rings. The Hall–Kier alpha value is -2.13. The second kappa shape index (κ2) is 7.63. The molecule has 24 heavy (non-hydrogen) atoms. The monoisotopic (exact) mass is 322 g/mol. The minimum Gasteiger partial charge on any atom is -0.340 e. The second-order valence-corrected chi connectivity index (χ2v) is 6.82. The topological polar surface area (TPSA) is 46.3 Å². The van der Waals surface area contributed by atoms with Crippen LogP contribution in [0.15, 0.2) is 54.6 Å². The van der Waals surface area contributed by atoms with Gasteiger partial charge in [0.15, 0.2) is 0 Å². The average molecular weight is 322 g/mol. The van der Waals surface area contributed by atoms with Crippen LogP contribution < -0.4 is 5.73 Å². The van der Waals surface area contributed by atoms with E-state index in [1.165, 1.54) is 16.7 Å². The van der Waals surface area contributed by atoms with E-state index in [0.717, 1.165) is 19.4 Å². The zero-order chi connectivity index (χ0) is 16.9. The van der Waals surface area contributed by atoms with Crippen LogP contribution in [-0.2, 0) is 11.2 Å². The Morgan fingerprint density at radius 2 is 1.79 bits per heavy atom. The Bertz CT molecular complexity index is 666. The molecule has 126 valence electrons. The first-order valence-electron chi connectivity index (χ1n) is 8.77. The van der Waals surface area contributed by atoms with Crippen molar-refractivity contribution in [3.63, 3.8) is 0 Å². The molecule has 3 rings (SSSR count). The minimum absolute atomic E-state index is 0.0356. The smallest absolute Gasteiger partial charge is 0.222 e. The third-order valence-corrected chi connectivity index (χ3v) is 4.92. The van der Waals surface area contributed by atoms with Gasteiger partial charge < -0.3 is 10.6 Å². The molecule has 2 aromatic rings. The SMILES string of the molecule is Cc1ccc(CCCC(=O)N2C[C@@H](N)[C@H](c3ccccc3)C2)cc1. The molecule has 1 amide bonds. The summed E-state index contributed by atoms with van der Waals surface area (Å²) in [5, 5.41) is 0. The van der Waals surface area contributed by atoms with Crippen LogP contribution in [0.4, 0.5) is 0 Å². The summed E-state index contributed by atoms with van der Waals surface area (Å²) in [7, 11) is 0. The molecule has 2 aromatic carbocycles. The van der Waals surface area contributed by atoms with Gasteiger partial charge in [0, 0.05) is 31.5 Å². The number of aryl methyl sites for hydroxylation is 2. The maximum atomic E-state index is 12.5. The third kappa shape index (κ3) is 4.04. The van der Waals surface area contributed by atoms with Crippen molar-refractivity contribution < 1.29 is 4.79 Å². The van der Waals surface area contributed by atoms with E-state index in [4.69, 9.17) is 5.73 Å². The van der Waals surface area contributed by atoms with Gasteiger partial charge in [-0.05, 0) is 30.9 Å². The number of benzene rings is 2. The van der Waals surface area contributed by atoms with Gasteiger partial charge in [0.1, 0.15) is 0 Å². The van der Waals surface area contributed by atoms with E-state index in [-0.39, 0.29) is 17.9 Å². The summed E-state index contributed by atoms with van der Waals surface area (Å²) < 4.78 is 0. The van der Waals surface area contributed by atoms with Gasteiger partial charge in [-0.15, -0.1) is 0 Å². The van der Waals surface area contributed by atoms with E-state index in [1.54, 1.807) is 0 Å². The molecule has 2 atom stereocenters. The first-order valence-corrected chi connectivity index (χ1v) is 8.77. The number of likely N-dealkylation sites (tertiary alicyclic amines) is 1. The first kappa shape index (κ1) is 16.7. The van der Waals surface area contributed by atoms with Crippen LogP contribution in [0.1, 0.15) is 35.4 Å². The Balaban J connectivity index is 1.50. The molecule has 0 aliphatic carbocycles. The van der Waals surface area contributed by atoms with E-state index in [1.807, 2.05) is 23.1 Å². The van der Waals surface area contributed by atoms with E-state index in [9.17, 15) is 4.79 Å². The van der Waals surface area contributed by atoms with Crippen LogP contribution in [0.25, 0.3) is 0 Å². The number of carbonyl (C=O) groups excluding carboxylic acids is 1. The molecule has 1 fully saturated rings. The molecule has 0 spiro atoms. The summed E-state index contributed by atoms with van der Waals surface area (Å²) in [4.78, 5) is 14.4. The summed E-state index contributed by atoms with van der Waals surface area (Å²) in [6.45, 7) is 3.50. The molecular weight excluding hydrogens is 296 g/mol. The zero-order valence-corrected chi connectivity index (χ0v) is 14.3. The zero-order valence-electron chi connectivity index (χ0n) is 14.3. The van der Waals surface area contributed by atoms with Crippen molar-refractivity contribution >= 4 is 5.91 Å². The molecular formula is C21H26N2O. The highest BCUT2D eigenvalue weighted by atomic mass is 16.2. The molecule has 0 aromatic heterocycles. The van der Waals surface area contributed by atoms with Crippen molar-refractivity contribution in [3.8, 4) is 0 Å². The van der Waals surface area contributed by atoms with Crippen LogP contribution in [-0.4, -0.2) is 29.9 Å². The van der Waals surface area contributed by atoms with E-state index in [2.05, 4.69) is 43.3 Å². The summed E-state index contributed by atoms with van der Waals surface area (Å²) in [5.41, 5.74) is 10.1. The third-order valence-electron chi connectivity index (χ3n) is 4.92. The Morgan fingerprint density at radius 3 is 2.50 bits per heavy atom. The molecule has 1 heterocycles. The van der Waals surface area contributed by atoms with Gasteiger partial charge in [-0.3, -0.25) is 4.79 Å².